The first-order chi connectivity index (χ1) is 28.5. The third-order valence-electron chi connectivity index (χ3n) is 12.5. The van der Waals surface area contributed by atoms with Gasteiger partial charge in [-0.2, -0.15) is 0 Å². The minimum Gasteiger partial charge on any atom is -0.310 e. The molecule has 0 saturated carbocycles. The Labute approximate surface area is 350 Å². The van der Waals surface area contributed by atoms with E-state index in [2.05, 4.69) is 245 Å². The number of benzene rings is 8. The second-order valence-corrected chi connectivity index (χ2v) is 18.2. The molecule has 0 amide bonds. The van der Waals surface area contributed by atoms with Gasteiger partial charge in [-0.1, -0.05) is 187 Å². The van der Waals surface area contributed by atoms with Crippen molar-refractivity contribution in [3.63, 3.8) is 0 Å². The first kappa shape index (κ1) is 36.7. The summed E-state index contributed by atoms with van der Waals surface area (Å²) in [5, 5.41) is 0. The van der Waals surface area contributed by atoms with E-state index in [-0.39, 0.29) is 10.8 Å². The third kappa shape index (κ3) is 5.84. The number of para-hydroxylation sites is 3. The number of fused-ring (bicyclic) bond motifs is 8. The first-order valence-electron chi connectivity index (χ1n) is 20.9. The van der Waals surface area contributed by atoms with Crippen molar-refractivity contribution in [1.82, 2.24) is 0 Å². The van der Waals surface area contributed by atoms with Crippen LogP contribution in [-0.4, -0.2) is 0 Å². The van der Waals surface area contributed by atoms with Gasteiger partial charge in [-0.15, -0.1) is 0 Å². The highest BCUT2D eigenvalue weighted by atomic mass is 15.2. The average Bonchev–Trinajstić information content (AvgIpc) is 3.26. The predicted molar refractivity (Wildman–Crippen MR) is 250 cm³/mol. The van der Waals surface area contributed by atoms with Gasteiger partial charge in [0.2, 0.25) is 0 Å². The molecular formula is C57H50N2. The van der Waals surface area contributed by atoms with Crippen LogP contribution in [0.5, 0.6) is 0 Å². The normalized spacial score (nSPS) is 14.0. The quantitative estimate of drug-likeness (QED) is 0.176. The van der Waals surface area contributed by atoms with Gasteiger partial charge in [-0.05, 0) is 115 Å². The van der Waals surface area contributed by atoms with E-state index in [0.29, 0.717) is 0 Å². The smallest absolute Gasteiger partial charge is 0.0785 e. The van der Waals surface area contributed by atoms with Crippen molar-refractivity contribution in [1.29, 1.82) is 0 Å². The molecule has 0 N–H and O–H groups in total. The van der Waals surface area contributed by atoms with Gasteiger partial charge in [0.25, 0.3) is 0 Å². The zero-order valence-corrected chi connectivity index (χ0v) is 34.9. The van der Waals surface area contributed by atoms with Crippen molar-refractivity contribution < 1.29 is 0 Å². The van der Waals surface area contributed by atoms with E-state index in [1.54, 1.807) is 0 Å². The summed E-state index contributed by atoms with van der Waals surface area (Å²) in [7, 11) is 0. The van der Waals surface area contributed by atoms with Crippen molar-refractivity contribution in [2.45, 2.75) is 57.8 Å². The monoisotopic (exact) mass is 762 g/mol. The standard InChI is InChI=1S/C57H50N2/c1-55(2,3)43-37-49(56(4,5)6)54-53(38-43)59(45-35-31-42(32-36-45)40-21-11-8-12-22-40)52-28-18-15-25-48(52)57(54)46-23-13-16-26-50(46)58(51-27-17-14-24-47(51)57)44-33-29-41(30-34-44)39-19-9-7-10-20-39/h7-38H,1-6H3. The van der Waals surface area contributed by atoms with Crippen molar-refractivity contribution in [2.24, 2.45) is 0 Å². The maximum absolute atomic E-state index is 2.55. The summed E-state index contributed by atoms with van der Waals surface area (Å²) in [6.45, 7) is 14.2. The van der Waals surface area contributed by atoms with Gasteiger partial charge < -0.3 is 9.80 Å². The van der Waals surface area contributed by atoms with Crippen molar-refractivity contribution in [3.05, 3.63) is 228 Å². The van der Waals surface area contributed by atoms with Crippen molar-refractivity contribution in [2.75, 3.05) is 9.80 Å². The second-order valence-electron chi connectivity index (χ2n) is 18.2. The van der Waals surface area contributed by atoms with E-state index in [1.165, 1.54) is 78.4 Å². The highest BCUT2D eigenvalue weighted by Crippen LogP contribution is 2.65. The summed E-state index contributed by atoms with van der Waals surface area (Å²) in [6, 6.07) is 72.2. The Kier molecular flexibility index (Phi) is 8.54. The van der Waals surface area contributed by atoms with Gasteiger partial charge in [0, 0.05) is 11.4 Å². The van der Waals surface area contributed by atoms with Crippen molar-refractivity contribution >= 4 is 34.1 Å². The van der Waals surface area contributed by atoms with E-state index in [4.69, 9.17) is 0 Å². The Morgan fingerprint density at radius 2 is 0.695 bits per heavy atom. The van der Waals surface area contributed by atoms with Gasteiger partial charge in [0.1, 0.15) is 0 Å². The molecule has 2 heterocycles. The van der Waals surface area contributed by atoms with E-state index >= 15 is 0 Å². The van der Waals surface area contributed by atoms with Gasteiger partial charge in [-0.3, -0.25) is 0 Å². The fourth-order valence-corrected chi connectivity index (χ4v) is 9.70. The number of nitrogens with zero attached hydrogens (tertiary/aromatic N) is 2. The van der Waals surface area contributed by atoms with Crippen LogP contribution in [0, 0.1) is 0 Å². The van der Waals surface area contributed by atoms with E-state index < -0.39 is 5.41 Å². The summed E-state index contributed by atoms with van der Waals surface area (Å²) in [5.41, 5.74) is 19.0. The molecule has 0 fully saturated rings. The predicted octanol–water partition coefficient (Wildman–Crippen LogP) is 15.6. The summed E-state index contributed by atoms with van der Waals surface area (Å²) >= 11 is 0. The van der Waals surface area contributed by atoms with Crippen LogP contribution in [0.4, 0.5) is 34.1 Å². The van der Waals surface area contributed by atoms with Gasteiger partial charge in [-0.25, -0.2) is 0 Å². The zero-order chi connectivity index (χ0) is 40.5. The highest BCUT2D eigenvalue weighted by molar-refractivity contribution is 5.97. The Morgan fingerprint density at radius 3 is 1.08 bits per heavy atom. The fraction of sp³-hybridized carbons (Fsp3) is 0.158. The molecular weight excluding hydrogens is 713 g/mol. The van der Waals surface area contributed by atoms with Crippen LogP contribution in [0.25, 0.3) is 22.3 Å². The zero-order valence-electron chi connectivity index (χ0n) is 34.9. The van der Waals surface area contributed by atoms with E-state index in [0.717, 1.165) is 11.4 Å². The minimum atomic E-state index is -0.626. The molecule has 0 aromatic heterocycles. The molecule has 0 unspecified atom stereocenters. The Hall–Kier alpha value is -6.64. The molecule has 2 aliphatic heterocycles. The molecule has 2 nitrogen and oxygen atoms in total. The SMILES string of the molecule is CC(C)(C)c1cc2c(c(C(C)(C)C)c1)C1(c3ccccc3N(c3ccc(-c4ccccc4)cc3)c3ccccc31)c1ccccc1N2c1ccc(-c2ccccc2)cc1. The lowest BCUT2D eigenvalue weighted by atomic mass is 9.57. The van der Waals surface area contributed by atoms with Crippen LogP contribution in [0.3, 0.4) is 0 Å². The molecule has 0 bridgehead atoms. The lowest BCUT2D eigenvalue weighted by Crippen LogP contribution is -2.44. The van der Waals surface area contributed by atoms with Crippen LogP contribution < -0.4 is 9.80 Å². The van der Waals surface area contributed by atoms with Crippen LogP contribution >= 0.6 is 0 Å². The maximum atomic E-state index is 2.55. The van der Waals surface area contributed by atoms with E-state index in [9.17, 15) is 0 Å². The summed E-state index contributed by atoms with van der Waals surface area (Å²) in [4.78, 5) is 5.04. The molecule has 0 aliphatic carbocycles. The van der Waals surface area contributed by atoms with Crippen LogP contribution in [0.2, 0.25) is 0 Å². The summed E-state index contributed by atoms with van der Waals surface area (Å²) < 4.78 is 0. The van der Waals surface area contributed by atoms with E-state index in [1.807, 2.05) is 0 Å². The Balaban J connectivity index is 1.28. The molecule has 59 heavy (non-hydrogen) atoms. The number of hydrogen-bond acceptors (Lipinski definition) is 2. The number of rotatable bonds is 4. The summed E-state index contributed by atoms with van der Waals surface area (Å²) in [5.74, 6) is 0. The first-order valence-corrected chi connectivity index (χ1v) is 20.9. The molecule has 0 radical (unpaired) electrons. The third-order valence-corrected chi connectivity index (χ3v) is 12.5. The summed E-state index contributed by atoms with van der Waals surface area (Å²) in [6.07, 6.45) is 0. The van der Waals surface area contributed by atoms with Crippen molar-refractivity contribution in [3.8, 4) is 22.3 Å². The van der Waals surface area contributed by atoms with Crippen LogP contribution in [-0.2, 0) is 16.2 Å². The lowest BCUT2D eigenvalue weighted by molar-refractivity contribution is 0.551. The van der Waals surface area contributed by atoms with Gasteiger partial charge >= 0.3 is 0 Å². The molecule has 0 atom stereocenters. The minimum absolute atomic E-state index is 0.0763. The molecule has 10 rings (SSSR count). The molecule has 8 aromatic carbocycles. The molecule has 2 aliphatic rings. The Morgan fingerprint density at radius 1 is 0.339 bits per heavy atom. The maximum Gasteiger partial charge on any atom is 0.0785 e. The number of hydrogen-bond donors (Lipinski definition) is 0. The van der Waals surface area contributed by atoms with Crippen LogP contribution in [0.15, 0.2) is 194 Å². The largest absolute Gasteiger partial charge is 0.310 e. The second kappa shape index (κ2) is 13.7. The number of anilines is 6. The fourth-order valence-electron chi connectivity index (χ4n) is 9.70. The average molecular weight is 763 g/mol. The van der Waals surface area contributed by atoms with Crippen LogP contribution in [0.1, 0.15) is 74.9 Å². The Bertz CT molecular complexity index is 2760. The lowest BCUT2D eigenvalue weighted by Gasteiger charge is -2.53. The van der Waals surface area contributed by atoms with Gasteiger partial charge in [0.15, 0.2) is 0 Å². The molecule has 2 heteroatoms. The van der Waals surface area contributed by atoms with Gasteiger partial charge in [0.05, 0.1) is 28.2 Å². The molecule has 1 spiro atoms. The topological polar surface area (TPSA) is 6.48 Å². The molecule has 288 valence electrons. The molecule has 0 saturated heterocycles. The highest BCUT2D eigenvalue weighted by Gasteiger charge is 2.53. The molecule has 8 aromatic rings.